The maximum absolute atomic E-state index is 6.11. The van der Waals surface area contributed by atoms with Crippen molar-refractivity contribution in [2.24, 2.45) is 0 Å². The number of nitrogen functional groups attached to an aromatic ring is 1. The fourth-order valence-corrected chi connectivity index (χ4v) is 1.73. The van der Waals surface area contributed by atoms with E-state index < -0.39 is 0 Å². The van der Waals surface area contributed by atoms with Crippen LogP contribution in [-0.4, -0.2) is 9.55 Å². The molecule has 0 spiro atoms. The molecule has 0 aliphatic rings. The number of nitrogens with two attached hydrogens (primary N) is 1. The molecule has 0 saturated carbocycles. The Bertz CT molecular complexity index is 503. The average molecular weight is 222 g/mol. The van der Waals surface area contributed by atoms with Gasteiger partial charge >= 0.3 is 0 Å². The summed E-state index contributed by atoms with van der Waals surface area (Å²) in [7, 11) is 0. The zero-order chi connectivity index (χ0) is 11.0. The lowest BCUT2D eigenvalue weighted by atomic mass is 10.2. The van der Waals surface area contributed by atoms with Crippen LogP contribution in [-0.2, 0) is 0 Å². The smallest absolute Gasteiger partial charge is 0.205 e. The van der Waals surface area contributed by atoms with Crippen LogP contribution in [0.25, 0.3) is 5.69 Å². The molecule has 0 fully saturated rings. The first kappa shape index (κ1) is 10.1. The van der Waals surface area contributed by atoms with Crippen molar-refractivity contribution in [1.29, 1.82) is 0 Å². The number of rotatable bonds is 1. The molecule has 0 aliphatic heterocycles. The molecule has 3 nitrogen and oxygen atoms in total. The normalized spacial score (nSPS) is 10.6. The van der Waals surface area contributed by atoms with Gasteiger partial charge in [-0.2, -0.15) is 0 Å². The van der Waals surface area contributed by atoms with Crippen LogP contribution in [0.2, 0.25) is 5.02 Å². The van der Waals surface area contributed by atoms with Gasteiger partial charge in [0.1, 0.15) is 0 Å². The van der Waals surface area contributed by atoms with Crippen LogP contribution in [0.3, 0.4) is 0 Å². The summed E-state index contributed by atoms with van der Waals surface area (Å²) in [5.74, 6) is 0.458. The second-order valence-corrected chi connectivity index (χ2v) is 3.97. The van der Waals surface area contributed by atoms with Crippen LogP contribution >= 0.6 is 11.6 Å². The third-order valence-electron chi connectivity index (χ3n) is 2.21. The van der Waals surface area contributed by atoms with E-state index in [-0.39, 0.29) is 0 Å². The summed E-state index contributed by atoms with van der Waals surface area (Å²) in [5.41, 5.74) is 8.67. The molecule has 1 aromatic carbocycles. The largest absolute Gasteiger partial charge is 0.369 e. The summed E-state index contributed by atoms with van der Waals surface area (Å²) >= 11 is 6.11. The predicted octanol–water partition coefficient (Wildman–Crippen LogP) is 2.72. The van der Waals surface area contributed by atoms with Gasteiger partial charge in [0.05, 0.1) is 16.4 Å². The quantitative estimate of drug-likeness (QED) is 0.805. The molecule has 78 valence electrons. The molecule has 1 heterocycles. The van der Waals surface area contributed by atoms with Crippen molar-refractivity contribution in [2.45, 2.75) is 13.8 Å². The highest BCUT2D eigenvalue weighted by atomic mass is 35.5. The van der Waals surface area contributed by atoms with E-state index in [0.717, 1.165) is 16.9 Å². The highest BCUT2D eigenvalue weighted by Gasteiger charge is 2.07. The Hall–Kier alpha value is -1.48. The lowest BCUT2D eigenvalue weighted by Crippen LogP contribution is -2.00. The van der Waals surface area contributed by atoms with Crippen LogP contribution in [0.5, 0.6) is 0 Å². The van der Waals surface area contributed by atoms with Crippen molar-refractivity contribution < 1.29 is 0 Å². The number of nitrogens with zero attached hydrogens (tertiary/aromatic N) is 2. The first-order valence-corrected chi connectivity index (χ1v) is 5.03. The molecule has 0 unspecified atom stereocenters. The van der Waals surface area contributed by atoms with E-state index in [1.54, 1.807) is 4.57 Å². The SMILES string of the molecule is Cc1ccc(Cl)c(-n2cc(C)nc2N)c1. The van der Waals surface area contributed by atoms with Gasteiger partial charge in [0.2, 0.25) is 5.95 Å². The summed E-state index contributed by atoms with van der Waals surface area (Å²) in [6.45, 7) is 3.91. The summed E-state index contributed by atoms with van der Waals surface area (Å²) in [6.07, 6.45) is 1.87. The standard InChI is InChI=1S/C11H12ClN3/c1-7-3-4-9(12)10(5-7)15-6-8(2)14-11(15)13/h3-6H,1-2H3,(H2,13,14). The number of aromatic nitrogens is 2. The molecule has 2 rings (SSSR count). The zero-order valence-corrected chi connectivity index (χ0v) is 9.42. The van der Waals surface area contributed by atoms with E-state index in [0.29, 0.717) is 11.0 Å². The van der Waals surface area contributed by atoms with Gasteiger partial charge in [-0.15, -0.1) is 0 Å². The summed E-state index contributed by atoms with van der Waals surface area (Å²) in [5, 5.41) is 0.671. The third kappa shape index (κ3) is 1.83. The van der Waals surface area contributed by atoms with Crippen molar-refractivity contribution in [3.8, 4) is 5.69 Å². The topological polar surface area (TPSA) is 43.8 Å². The first-order valence-electron chi connectivity index (χ1n) is 4.66. The highest BCUT2D eigenvalue weighted by molar-refractivity contribution is 6.32. The van der Waals surface area contributed by atoms with Gasteiger partial charge in [-0.1, -0.05) is 17.7 Å². The van der Waals surface area contributed by atoms with Gasteiger partial charge in [-0.25, -0.2) is 4.98 Å². The van der Waals surface area contributed by atoms with Crippen LogP contribution in [0, 0.1) is 13.8 Å². The second-order valence-electron chi connectivity index (χ2n) is 3.57. The number of hydrogen-bond donors (Lipinski definition) is 1. The van der Waals surface area contributed by atoms with Gasteiger partial charge in [0.25, 0.3) is 0 Å². The number of aryl methyl sites for hydroxylation is 2. The lowest BCUT2D eigenvalue weighted by molar-refractivity contribution is 1.07. The fourth-order valence-electron chi connectivity index (χ4n) is 1.52. The van der Waals surface area contributed by atoms with Crippen LogP contribution < -0.4 is 5.73 Å². The van der Waals surface area contributed by atoms with E-state index in [9.17, 15) is 0 Å². The van der Waals surface area contributed by atoms with Crippen molar-refractivity contribution >= 4 is 17.5 Å². The monoisotopic (exact) mass is 221 g/mol. The summed E-state index contributed by atoms with van der Waals surface area (Å²) < 4.78 is 1.80. The van der Waals surface area contributed by atoms with Gasteiger partial charge in [0, 0.05) is 6.20 Å². The summed E-state index contributed by atoms with van der Waals surface area (Å²) in [4.78, 5) is 4.14. The Morgan fingerprint density at radius 1 is 1.33 bits per heavy atom. The zero-order valence-electron chi connectivity index (χ0n) is 8.66. The maximum atomic E-state index is 6.11. The van der Waals surface area contributed by atoms with Crippen molar-refractivity contribution in [2.75, 3.05) is 5.73 Å². The van der Waals surface area contributed by atoms with Gasteiger partial charge in [-0.3, -0.25) is 4.57 Å². The van der Waals surface area contributed by atoms with E-state index in [1.807, 2.05) is 38.2 Å². The third-order valence-corrected chi connectivity index (χ3v) is 2.53. The van der Waals surface area contributed by atoms with Crippen molar-refractivity contribution in [1.82, 2.24) is 9.55 Å². The molecular formula is C11H12ClN3. The number of halogens is 1. The molecule has 0 saturated heterocycles. The van der Waals surface area contributed by atoms with Crippen LogP contribution in [0.4, 0.5) is 5.95 Å². The molecule has 0 atom stereocenters. The number of hydrogen-bond acceptors (Lipinski definition) is 2. The first-order chi connectivity index (χ1) is 7.08. The minimum Gasteiger partial charge on any atom is -0.369 e. The number of anilines is 1. The molecule has 0 amide bonds. The maximum Gasteiger partial charge on any atom is 0.205 e. The Labute approximate surface area is 93.5 Å². The molecule has 2 aromatic rings. The van der Waals surface area contributed by atoms with Gasteiger partial charge < -0.3 is 5.73 Å². The molecule has 2 N–H and O–H groups in total. The fraction of sp³-hybridized carbons (Fsp3) is 0.182. The number of benzene rings is 1. The second kappa shape index (κ2) is 3.59. The minimum absolute atomic E-state index is 0.458. The average Bonchev–Trinajstić information content (AvgIpc) is 2.50. The molecule has 0 bridgehead atoms. The highest BCUT2D eigenvalue weighted by Crippen LogP contribution is 2.24. The molecule has 15 heavy (non-hydrogen) atoms. The van der Waals surface area contributed by atoms with E-state index in [4.69, 9.17) is 17.3 Å². The minimum atomic E-state index is 0.458. The summed E-state index contributed by atoms with van der Waals surface area (Å²) in [6, 6.07) is 5.81. The molecule has 4 heteroatoms. The Kier molecular flexibility index (Phi) is 2.40. The van der Waals surface area contributed by atoms with E-state index >= 15 is 0 Å². The Morgan fingerprint density at radius 2 is 2.07 bits per heavy atom. The van der Waals surface area contributed by atoms with E-state index in [2.05, 4.69) is 4.98 Å². The molecule has 0 radical (unpaired) electrons. The number of imidazole rings is 1. The Balaban J connectivity index is 2.62. The molecule has 1 aromatic heterocycles. The van der Waals surface area contributed by atoms with Crippen molar-refractivity contribution in [3.05, 3.63) is 40.7 Å². The molecule has 0 aliphatic carbocycles. The van der Waals surface area contributed by atoms with Crippen molar-refractivity contribution in [3.63, 3.8) is 0 Å². The van der Waals surface area contributed by atoms with E-state index in [1.165, 1.54) is 0 Å². The van der Waals surface area contributed by atoms with Crippen LogP contribution in [0.1, 0.15) is 11.3 Å². The Morgan fingerprint density at radius 3 is 2.67 bits per heavy atom. The lowest BCUT2D eigenvalue weighted by Gasteiger charge is -2.07. The predicted molar refractivity (Wildman–Crippen MR) is 62.5 cm³/mol. The van der Waals surface area contributed by atoms with Crippen LogP contribution in [0.15, 0.2) is 24.4 Å². The molecular weight excluding hydrogens is 210 g/mol. The van der Waals surface area contributed by atoms with Gasteiger partial charge in [0.15, 0.2) is 0 Å². The van der Waals surface area contributed by atoms with Gasteiger partial charge in [-0.05, 0) is 31.5 Å².